The van der Waals surface area contributed by atoms with Crippen LogP contribution in [0, 0.1) is 13.8 Å². The highest BCUT2D eigenvalue weighted by Crippen LogP contribution is 2.15. The monoisotopic (exact) mass is 419 g/mol. The van der Waals surface area contributed by atoms with Crippen molar-refractivity contribution >= 4 is 41.3 Å². The zero-order valence-corrected chi connectivity index (χ0v) is 16.0. The summed E-state index contributed by atoms with van der Waals surface area (Å²) < 4.78 is 2.09. The molecule has 0 aliphatic heterocycles. The number of aliphatic imine (C=N–C) groups is 1. The third kappa shape index (κ3) is 4.99. The molecule has 5 nitrogen and oxygen atoms in total. The zero-order valence-electron chi connectivity index (χ0n) is 12.8. The number of nitrogens with one attached hydrogen (secondary N) is 2. The number of hydrogen-bond donors (Lipinski definition) is 2. The van der Waals surface area contributed by atoms with E-state index in [0.717, 1.165) is 23.2 Å². The van der Waals surface area contributed by atoms with Crippen molar-refractivity contribution in [2.24, 2.45) is 12.0 Å². The first kappa shape index (κ1) is 18.0. The molecule has 0 saturated carbocycles. The van der Waals surface area contributed by atoms with Crippen molar-refractivity contribution in [1.29, 1.82) is 0 Å². The Morgan fingerprint density at radius 2 is 2.05 bits per heavy atom. The van der Waals surface area contributed by atoms with Gasteiger partial charge in [-0.1, -0.05) is 0 Å². The third-order valence-electron chi connectivity index (χ3n) is 3.19. The molecule has 116 valence electrons. The number of nitrogens with zero attached hydrogens (tertiary/aromatic N) is 3. The normalized spacial score (nSPS) is 11.1. The molecule has 0 spiro atoms. The summed E-state index contributed by atoms with van der Waals surface area (Å²) in [5.41, 5.74) is 2.33. The predicted molar refractivity (Wildman–Crippen MR) is 99.5 cm³/mol. The number of aryl methyl sites for hydroxylation is 3. The maximum absolute atomic E-state index is 4.51. The fourth-order valence-electron chi connectivity index (χ4n) is 1.85. The minimum absolute atomic E-state index is 0. The van der Waals surface area contributed by atoms with Crippen LogP contribution in [0.5, 0.6) is 0 Å². The Balaban J connectivity index is 0.00000220. The highest BCUT2D eigenvalue weighted by atomic mass is 127. The molecule has 7 heteroatoms. The lowest BCUT2D eigenvalue weighted by Crippen LogP contribution is -2.36. The largest absolute Gasteiger partial charge is 0.353 e. The molecular formula is C14H22IN5S. The molecule has 0 aliphatic rings. The van der Waals surface area contributed by atoms with Crippen LogP contribution in [-0.2, 0) is 20.1 Å². The molecule has 0 saturated heterocycles. The zero-order chi connectivity index (χ0) is 14.5. The van der Waals surface area contributed by atoms with E-state index in [1.54, 1.807) is 18.4 Å². The molecule has 0 aromatic carbocycles. The van der Waals surface area contributed by atoms with Crippen molar-refractivity contribution in [3.8, 4) is 0 Å². The van der Waals surface area contributed by atoms with Crippen molar-refractivity contribution < 1.29 is 0 Å². The first-order chi connectivity index (χ1) is 9.60. The Labute approximate surface area is 146 Å². The summed E-state index contributed by atoms with van der Waals surface area (Å²) in [7, 11) is 3.81. The van der Waals surface area contributed by atoms with Crippen molar-refractivity contribution in [3.63, 3.8) is 0 Å². The van der Waals surface area contributed by atoms with Gasteiger partial charge in [0.1, 0.15) is 5.01 Å². The summed E-state index contributed by atoms with van der Waals surface area (Å²) in [4.78, 5) is 10.0. The van der Waals surface area contributed by atoms with Crippen LogP contribution in [-0.4, -0.2) is 22.6 Å². The van der Waals surface area contributed by atoms with Gasteiger partial charge in [0.25, 0.3) is 0 Å². The molecule has 0 aliphatic carbocycles. The molecule has 0 radical (unpaired) electrons. The van der Waals surface area contributed by atoms with Crippen LogP contribution in [0.2, 0.25) is 0 Å². The van der Waals surface area contributed by atoms with E-state index in [2.05, 4.69) is 38.2 Å². The minimum atomic E-state index is 0. The molecule has 0 amide bonds. The van der Waals surface area contributed by atoms with Gasteiger partial charge in [-0.05, 0) is 26.0 Å². The Morgan fingerprint density at radius 1 is 1.33 bits per heavy atom. The van der Waals surface area contributed by atoms with Gasteiger partial charge < -0.3 is 15.2 Å². The second-order valence-corrected chi connectivity index (χ2v) is 5.93. The van der Waals surface area contributed by atoms with Gasteiger partial charge in [0.2, 0.25) is 0 Å². The average Bonchev–Trinajstić information content (AvgIpc) is 2.97. The van der Waals surface area contributed by atoms with Crippen molar-refractivity contribution in [2.75, 3.05) is 7.05 Å². The minimum Gasteiger partial charge on any atom is -0.353 e. The van der Waals surface area contributed by atoms with E-state index >= 15 is 0 Å². The van der Waals surface area contributed by atoms with E-state index < -0.39 is 0 Å². The summed E-state index contributed by atoms with van der Waals surface area (Å²) in [6, 6.07) is 4.13. The van der Waals surface area contributed by atoms with Gasteiger partial charge in [0.15, 0.2) is 5.96 Å². The van der Waals surface area contributed by atoms with Crippen molar-refractivity contribution in [2.45, 2.75) is 26.9 Å². The highest BCUT2D eigenvalue weighted by molar-refractivity contribution is 14.0. The number of guanidine groups is 1. The van der Waals surface area contributed by atoms with Crippen LogP contribution in [0.1, 0.15) is 21.3 Å². The highest BCUT2D eigenvalue weighted by Gasteiger charge is 2.05. The molecule has 21 heavy (non-hydrogen) atoms. The first-order valence-electron chi connectivity index (χ1n) is 6.57. The van der Waals surface area contributed by atoms with Gasteiger partial charge in [0, 0.05) is 30.9 Å². The third-order valence-corrected chi connectivity index (χ3v) is 4.26. The quantitative estimate of drug-likeness (QED) is 0.455. The van der Waals surface area contributed by atoms with E-state index in [-0.39, 0.29) is 24.0 Å². The van der Waals surface area contributed by atoms with Crippen LogP contribution in [0.25, 0.3) is 0 Å². The molecular weight excluding hydrogens is 397 g/mol. The first-order valence-corrected chi connectivity index (χ1v) is 7.39. The summed E-state index contributed by atoms with van der Waals surface area (Å²) in [6.07, 6.45) is 2.04. The van der Waals surface area contributed by atoms with Crippen molar-refractivity contribution in [1.82, 2.24) is 20.2 Å². The smallest absolute Gasteiger partial charge is 0.191 e. The van der Waals surface area contributed by atoms with Gasteiger partial charge in [-0.2, -0.15) is 0 Å². The number of thiazole rings is 1. The molecule has 0 atom stereocenters. The summed E-state index contributed by atoms with van der Waals surface area (Å²) in [6.45, 7) is 5.59. The Bertz CT molecular complexity index is 583. The molecule has 2 aromatic rings. The maximum atomic E-state index is 4.51. The van der Waals surface area contributed by atoms with E-state index in [9.17, 15) is 0 Å². The summed E-state index contributed by atoms with van der Waals surface area (Å²) in [5.74, 6) is 0.789. The lowest BCUT2D eigenvalue weighted by atomic mass is 10.4. The van der Waals surface area contributed by atoms with Crippen LogP contribution in [0.3, 0.4) is 0 Å². The molecule has 2 heterocycles. The van der Waals surface area contributed by atoms with Gasteiger partial charge >= 0.3 is 0 Å². The van der Waals surface area contributed by atoms with Crippen LogP contribution < -0.4 is 10.6 Å². The molecule has 2 N–H and O–H groups in total. The van der Waals surface area contributed by atoms with E-state index in [0.29, 0.717) is 6.54 Å². The number of rotatable bonds is 4. The number of halogens is 1. The maximum Gasteiger partial charge on any atom is 0.191 e. The summed E-state index contributed by atoms with van der Waals surface area (Å²) in [5, 5.41) is 7.67. The van der Waals surface area contributed by atoms with Crippen LogP contribution >= 0.6 is 35.3 Å². The van der Waals surface area contributed by atoms with E-state index in [1.165, 1.54) is 10.6 Å². The van der Waals surface area contributed by atoms with Crippen molar-refractivity contribution in [3.05, 3.63) is 39.6 Å². The Morgan fingerprint density at radius 3 is 2.57 bits per heavy atom. The molecule has 2 aromatic heterocycles. The lowest BCUT2D eigenvalue weighted by Gasteiger charge is -2.11. The second kappa shape index (κ2) is 8.38. The van der Waals surface area contributed by atoms with E-state index in [1.807, 2.05) is 26.2 Å². The van der Waals surface area contributed by atoms with Gasteiger partial charge in [0.05, 0.1) is 18.8 Å². The van der Waals surface area contributed by atoms with Gasteiger partial charge in [-0.25, -0.2) is 4.98 Å². The van der Waals surface area contributed by atoms with Crippen LogP contribution in [0.4, 0.5) is 0 Å². The standard InChI is InChI=1S/C14H21N5S.HI/c1-10-11(2)20-13(18-10)9-17-14(15-3)16-8-12-6-5-7-19(12)4;/h5-7H,8-9H2,1-4H3,(H2,15,16,17);1H. The molecule has 2 rings (SSSR count). The molecule has 0 bridgehead atoms. The fourth-order valence-corrected chi connectivity index (χ4v) is 2.72. The average molecular weight is 419 g/mol. The Kier molecular flexibility index (Phi) is 7.16. The summed E-state index contributed by atoms with van der Waals surface area (Å²) >= 11 is 1.72. The lowest BCUT2D eigenvalue weighted by molar-refractivity contribution is 0.748. The van der Waals surface area contributed by atoms with Crippen LogP contribution in [0.15, 0.2) is 23.3 Å². The Hall–Kier alpha value is -1.09. The predicted octanol–water partition coefficient (Wildman–Crippen LogP) is 2.58. The van der Waals surface area contributed by atoms with Gasteiger partial charge in [-0.15, -0.1) is 35.3 Å². The molecule has 0 unspecified atom stereocenters. The number of hydrogen-bond acceptors (Lipinski definition) is 3. The fraction of sp³-hybridized carbons (Fsp3) is 0.429. The SMILES string of the molecule is CN=C(NCc1nc(C)c(C)s1)NCc1cccn1C.I. The van der Waals surface area contributed by atoms with Gasteiger partial charge in [-0.3, -0.25) is 4.99 Å². The topological polar surface area (TPSA) is 54.2 Å². The number of aromatic nitrogens is 2. The molecule has 0 fully saturated rings. The second-order valence-electron chi connectivity index (χ2n) is 4.64. The van der Waals surface area contributed by atoms with E-state index in [4.69, 9.17) is 0 Å².